The van der Waals surface area contributed by atoms with Gasteiger partial charge in [0.1, 0.15) is 0 Å². The topological polar surface area (TPSA) is 74.2 Å². The van der Waals surface area contributed by atoms with Crippen LogP contribution in [-0.4, -0.2) is 16.0 Å². The number of carbonyl (C=O) groups excluding carboxylic acids is 1. The second-order valence-electron chi connectivity index (χ2n) is 6.40. The Labute approximate surface area is 162 Å². The summed E-state index contributed by atoms with van der Waals surface area (Å²) in [5.74, 6) is -0.585. The van der Waals surface area contributed by atoms with Crippen molar-refractivity contribution in [1.82, 2.24) is 10.4 Å². The van der Waals surface area contributed by atoms with Gasteiger partial charge in [0.15, 0.2) is 5.60 Å². The lowest BCUT2D eigenvalue weighted by atomic mass is 9.85. The standard InChI is InChI=1S/C23H19N3O2/c27-22(26-25-20-15-7-9-17-10-8-16-24-21(17)20)23(28,18-11-3-1-4-12-18)19-13-5-2-6-14-19/h1-16,25,28H,(H,26,27). The zero-order chi connectivity index (χ0) is 19.4. The van der Waals surface area contributed by atoms with E-state index >= 15 is 0 Å². The average Bonchev–Trinajstić information content (AvgIpc) is 2.78. The molecule has 3 aromatic carbocycles. The van der Waals surface area contributed by atoms with Crippen LogP contribution in [0.15, 0.2) is 97.2 Å². The molecule has 0 radical (unpaired) electrons. The number of hydrazine groups is 1. The van der Waals surface area contributed by atoms with E-state index in [1.165, 1.54) is 0 Å². The minimum Gasteiger partial charge on any atom is -0.372 e. The van der Waals surface area contributed by atoms with Crippen LogP contribution in [0.5, 0.6) is 0 Å². The molecular weight excluding hydrogens is 350 g/mol. The highest BCUT2D eigenvalue weighted by atomic mass is 16.3. The number of para-hydroxylation sites is 1. The Kier molecular flexibility index (Phi) is 4.74. The molecule has 1 amide bonds. The second-order valence-corrected chi connectivity index (χ2v) is 6.40. The van der Waals surface area contributed by atoms with Crippen molar-refractivity contribution in [2.24, 2.45) is 0 Å². The Morgan fingerprint density at radius 1 is 0.786 bits per heavy atom. The van der Waals surface area contributed by atoms with Gasteiger partial charge in [-0.15, -0.1) is 0 Å². The fraction of sp³-hybridized carbons (Fsp3) is 0.0435. The van der Waals surface area contributed by atoms with Gasteiger partial charge in [-0.2, -0.15) is 0 Å². The highest BCUT2D eigenvalue weighted by Gasteiger charge is 2.39. The van der Waals surface area contributed by atoms with Gasteiger partial charge in [-0.05, 0) is 23.3 Å². The Balaban J connectivity index is 1.67. The molecule has 28 heavy (non-hydrogen) atoms. The molecule has 5 heteroatoms. The third-order valence-electron chi connectivity index (χ3n) is 4.66. The van der Waals surface area contributed by atoms with Crippen molar-refractivity contribution in [2.75, 3.05) is 5.43 Å². The zero-order valence-electron chi connectivity index (χ0n) is 15.0. The van der Waals surface area contributed by atoms with Gasteiger partial charge in [-0.3, -0.25) is 20.6 Å². The summed E-state index contributed by atoms with van der Waals surface area (Å²) >= 11 is 0. The fourth-order valence-electron chi connectivity index (χ4n) is 3.21. The minimum atomic E-state index is -1.84. The molecule has 0 saturated carbocycles. The van der Waals surface area contributed by atoms with Crippen molar-refractivity contribution in [3.05, 3.63) is 108 Å². The quantitative estimate of drug-likeness (QED) is 0.470. The molecule has 4 rings (SSSR count). The third-order valence-corrected chi connectivity index (χ3v) is 4.66. The molecule has 4 aromatic rings. The first-order chi connectivity index (χ1) is 13.7. The Morgan fingerprint density at radius 3 is 2.04 bits per heavy atom. The predicted molar refractivity (Wildman–Crippen MR) is 109 cm³/mol. The van der Waals surface area contributed by atoms with Gasteiger partial charge < -0.3 is 5.11 Å². The lowest BCUT2D eigenvalue weighted by Crippen LogP contribution is -2.47. The highest BCUT2D eigenvalue weighted by Crippen LogP contribution is 2.30. The molecular formula is C23H19N3O2. The van der Waals surface area contributed by atoms with Crippen molar-refractivity contribution in [3.8, 4) is 0 Å². The molecule has 0 atom stereocenters. The van der Waals surface area contributed by atoms with Gasteiger partial charge in [0.05, 0.1) is 11.2 Å². The van der Waals surface area contributed by atoms with Gasteiger partial charge in [0.25, 0.3) is 5.91 Å². The monoisotopic (exact) mass is 369 g/mol. The number of carbonyl (C=O) groups is 1. The number of rotatable bonds is 5. The summed E-state index contributed by atoms with van der Waals surface area (Å²) in [6, 6.07) is 27.2. The number of nitrogens with zero attached hydrogens (tertiary/aromatic N) is 1. The maximum atomic E-state index is 13.1. The predicted octanol–water partition coefficient (Wildman–Crippen LogP) is 3.61. The van der Waals surface area contributed by atoms with Crippen LogP contribution in [0.1, 0.15) is 11.1 Å². The number of amides is 1. The minimum absolute atomic E-state index is 0.483. The smallest absolute Gasteiger partial charge is 0.279 e. The van der Waals surface area contributed by atoms with E-state index in [4.69, 9.17) is 0 Å². The van der Waals surface area contributed by atoms with Crippen LogP contribution in [0.25, 0.3) is 10.9 Å². The van der Waals surface area contributed by atoms with Crippen LogP contribution in [0, 0.1) is 0 Å². The largest absolute Gasteiger partial charge is 0.372 e. The molecule has 0 bridgehead atoms. The number of hydrogen-bond acceptors (Lipinski definition) is 4. The molecule has 0 saturated heterocycles. The summed E-state index contributed by atoms with van der Waals surface area (Å²) < 4.78 is 0. The van der Waals surface area contributed by atoms with Crippen LogP contribution in [0.2, 0.25) is 0 Å². The van der Waals surface area contributed by atoms with Crippen molar-refractivity contribution < 1.29 is 9.90 Å². The first-order valence-corrected chi connectivity index (χ1v) is 8.93. The van der Waals surface area contributed by atoms with Crippen LogP contribution in [0.4, 0.5) is 5.69 Å². The van der Waals surface area contributed by atoms with Gasteiger partial charge in [0.2, 0.25) is 0 Å². The Morgan fingerprint density at radius 2 is 1.39 bits per heavy atom. The van der Waals surface area contributed by atoms with Crippen molar-refractivity contribution in [1.29, 1.82) is 0 Å². The summed E-state index contributed by atoms with van der Waals surface area (Å²) in [6.45, 7) is 0. The number of nitrogens with one attached hydrogen (secondary N) is 2. The number of anilines is 1. The number of pyridine rings is 1. The first kappa shape index (κ1) is 17.7. The van der Waals surface area contributed by atoms with Gasteiger partial charge in [-0.1, -0.05) is 78.9 Å². The SMILES string of the molecule is O=C(NNc1cccc2cccnc12)C(O)(c1ccccc1)c1ccccc1. The molecule has 5 nitrogen and oxygen atoms in total. The van der Waals surface area contributed by atoms with Gasteiger partial charge in [0, 0.05) is 11.6 Å². The summed E-state index contributed by atoms with van der Waals surface area (Å²) in [5.41, 5.74) is 6.06. The van der Waals surface area contributed by atoms with Crippen molar-refractivity contribution in [3.63, 3.8) is 0 Å². The van der Waals surface area contributed by atoms with E-state index in [1.807, 2.05) is 42.5 Å². The third kappa shape index (κ3) is 3.19. The molecule has 0 spiro atoms. The van der Waals surface area contributed by atoms with Gasteiger partial charge >= 0.3 is 0 Å². The molecule has 1 aromatic heterocycles. The van der Waals surface area contributed by atoms with Crippen LogP contribution in [-0.2, 0) is 10.4 Å². The second kappa shape index (κ2) is 7.50. The maximum Gasteiger partial charge on any atom is 0.279 e. The number of benzene rings is 3. The normalized spacial score (nSPS) is 11.2. The van der Waals surface area contributed by atoms with Crippen LogP contribution >= 0.6 is 0 Å². The average molecular weight is 369 g/mol. The fourth-order valence-corrected chi connectivity index (χ4v) is 3.21. The lowest BCUT2D eigenvalue weighted by molar-refractivity contribution is -0.136. The molecule has 3 N–H and O–H groups in total. The molecule has 138 valence electrons. The maximum absolute atomic E-state index is 13.1. The number of aromatic nitrogens is 1. The summed E-state index contributed by atoms with van der Waals surface area (Å²) in [6.07, 6.45) is 1.69. The highest BCUT2D eigenvalue weighted by molar-refractivity contribution is 5.94. The van der Waals surface area contributed by atoms with E-state index in [0.29, 0.717) is 16.8 Å². The molecule has 1 heterocycles. The molecule has 0 aliphatic rings. The van der Waals surface area contributed by atoms with Crippen LogP contribution < -0.4 is 10.9 Å². The summed E-state index contributed by atoms with van der Waals surface area (Å²) in [7, 11) is 0. The summed E-state index contributed by atoms with van der Waals surface area (Å²) in [4.78, 5) is 17.5. The van der Waals surface area contributed by atoms with E-state index in [2.05, 4.69) is 15.8 Å². The zero-order valence-corrected chi connectivity index (χ0v) is 15.0. The number of aliphatic hydroxyl groups is 1. The van der Waals surface area contributed by atoms with Crippen molar-refractivity contribution in [2.45, 2.75) is 5.60 Å². The number of fused-ring (bicyclic) bond motifs is 1. The Bertz CT molecular complexity index is 1050. The van der Waals surface area contributed by atoms with E-state index < -0.39 is 11.5 Å². The van der Waals surface area contributed by atoms with E-state index in [-0.39, 0.29) is 0 Å². The number of hydrogen-bond donors (Lipinski definition) is 3. The molecule has 0 fully saturated rings. The van der Waals surface area contributed by atoms with Gasteiger partial charge in [-0.25, -0.2) is 0 Å². The lowest BCUT2D eigenvalue weighted by Gasteiger charge is -2.28. The van der Waals surface area contributed by atoms with E-state index in [0.717, 1.165) is 10.9 Å². The first-order valence-electron chi connectivity index (χ1n) is 8.93. The molecule has 0 aliphatic heterocycles. The van der Waals surface area contributed by atoms with E-state index in [9.17, 15) is 9.90 Å². The van der Waals surface area contributed by atoms with E-state index in [1.54, 1.807) is 54.7 Å². The molecule has 0 unspecified atom stereocenters. The molecule has 0 aliphatic carbocycles. The van der Waals surface area contributed by atoms with Crippen LogP contribution in [0.3, 0.4) is 0 Å². The summed E-state index contributed by atoms with van der Waals surface area (Å²) in [5, 5.41) is 12.4. The Hall–Kier alpha value is -3.70. The van der Waals surface area contributed by atoms with Crippen molar-refractivity contribution >= 4 is 22.5 Å².